The van der Waals surface area contributed by atoms with E-state index in [9.17, 15) is 12.6 Å². The Kier molecular flexibility index (Phi) is 4.19. The fourth-order valence-electron chi connectivity index (χ4n) is 1.81. The molecule has 1 aromatic rings. The summed E-state index contributed by atoms with van der Waals surface area (Å²) in [6.07, 6.45) is 0.740. The third-order valence-electron chi connectivity index (χ3n) is 2.91. The molecule has 1 aliphatic heterocycles. The SMILES string of the molecule is Cc1ccc(S(=O)(=O)OC2CCS(=O)CC2)cc1. The second kappa shape index (κ2) is 5.50. The van der Waals surface area contributed by atoms with Crippen molar-refractivity contribution in [1.29, 1.82) is 0 Å². The van der Waals surface area contributed by atoms with Crippen LogP contribution in [0, 0.1) is 6.92 Å². The maximum atomic E-state index is 12.0. The van der Waals surface area contributed by atoms with E-state index in [0.717, 1.165) is 5.56 Å². The molecule has 1 fully saturated rings. The van der Waals surface area contributed by atoms with Crippen molar-refractivity contribution in [2.24, 2.45) is 0 Å². The van der Waals surface area contributed by atoms with Gasteiger partial charge in [0.15, 0.2) is 0 Å². The molecule has 0 radical (unpaired) electrons. The summed E-state index contributed by atoms with van der Waals surface area (Å²) in [6, 6.07) is 6.58. The number of rotatable bonds is 3. The number of hydrogen-bond donors (Lipinski definition) is 0. The first-order valence-corrected chi connectivity index (χ1v) is 8.72. The van der Waals surface area contributed by atoms with Gasteiger partial charge < -0.3 is 0 Å². The monoisotopic (exact) mass is 288 g/mol. The molecular weight excluding hydrogens is 272 g/mol. The predicted octanol–water partition coefficient (Wildman–Crippen LogP) is 1.61. The molecule has 1 heterocycles. The van der Waals surface area contributed by atoms with Gasteiger partial charge in [0.2, 0.25) is 0 Å². The zero-order chi connectivity index (χ0) is 13.2. The molecule has 0 amide bonds. The van der Waals surface area contributed by atoms with Crippen LogP contribution in [0.5, 0.6) is 0 Å². The van der Waals surface area contributed by atoms with Crippen molar-refractivity contribution in [2.75, 3.05) is 11.5 Å². The first kappa shape index (κ1) is 13.7. The maximum Gasteiger partial charge on any atom is 0.297 e. The molecule has 0 aromatic heterocycles. The van der Waals surface area contributed by atoms with Gasteiger partial charge in [-0.05, 0) is 31.9 Å². The Morgan fingerprint density at radius 3 is 2.28 bits per heavy atom. The molecule has 1 aromatic carbocycles. The highest BCUT2D eigenvalue weighted by Gasteiger charge is 2.25. The summed E-state index contributed by atoms with van der Waals surface area (Å²) in [5.74, 6) is 1.04. The predicted molar refractivity (Wildman–Crippen MR) is 70.3 cm³/mol. The largest absolute Gasteiger partial charge is 0.297 e. The van der Waals surface area contributed by atoms with E-state index in [1.54, 1.807) is 24.3 Å². The lowest BCUT2D eigenvalue weighted by molar-refractivity contribution is 0.198. The molecule has 0 saturated carbocycles. The van der Waals surface area contributed by atoms with Gasteiger partial charge in [0.05, 0.1) is 11.0 Å². The Balaban J connectivity index is 2.07. The van der Waals surface area contributed by atoms with Crippen molar-refractivity contribution in [3.63, 3.8) is 0 Å². The van der Waals surface area contributed by atoms with E-state index in [1.807, 2.05) is 6.92 Å². The lowest BCUT2D eigenvalue weighted by atomic mass is 10.2. The fraction of sp³-hybridized carbons (Fsp3) is 0.500. The Hall–Kier alpha value is -0.720. The molecule has 18 heavy (non-hydrogen) atoms. The van der Waals surface area contributed by atoms with Gasteiger partial charge in [0.1, 0.15) is 0 Å². The van der Waals surface area contributed by atoms with Gasteiger partial charge in [-0.2, -0.15) is 8.42 Å². The third-order valence-corrected chi connectivity index (χ3v) is 5.66. The average molecular weight is 288 g/mol. The molecule has 100 valence electrons. The van der Waals surface area contributed by atoms with Gasteiger partial charge in [-0.25, -0.2) is 0 Å². The van der Waals surface area contributed by atoms with Crippen LogP contribution in [0.2, 0.25) is 0 Å². The van der Waals surface area contributed by atoms with E-state index in [4.69, 9.17) is 4.18 Å². The first-order chi connectivity index (χ1) is 8.47. The third kappa shape index (κ3) is 3.40. The van der Waals surface area contributed by atoms with Gasteiger partial charge in [-0.1, -0.05) is 17.7 Å². The molecular formula is C12H16O4S2. The van der Waals surface area contributed by atoms with E-state index in [1.165, 1.54) is 0 Å². The fourth-order valence-corrected chi connectivity index (χ4v) is 4.20. The van der Waals surface area contributed by atoms with E-state index in [2.05, 4.69) is 0 Å². The second-order valence-corrected chi connectivity index (χ2v) is 7.68. The van der Waals surface area contributed by atoms with Crippen molar-refractivity contribution in [1.82, 2.24) is 0 Å². The van der Waals surface area contributed by atoms with Crippen LogP contribution in [-0.4, -0.2) is 30.2 Å². The van der Waals surface area contributed by atoms with E-state index in [0.29, 0.717) is 24.3 Å². The summed E-state index contributed by atoms with van der Waals surface area (Å²) in [5, 5.41) is 0. The van der Waals surface area contributed by atoms with Gasteiger partial charge in [-0.15, -0.1) is 0 Å². The van der Waals surface area contributed by atoms with E-state index >= 15 is 0 Å². The van der Waals surface area contributed by atoms with Crippen LogP contribution in [0.4, 0.5) is 0 Å². The minimum atomic E-state index is -3.69. The smallest absolute Gasteiger partial charge is 0.263 e. The molecule has 4 nitrogen and oxygen atoms in total. The summed E-state index contributed by atoms with van der Waals surface area (Å²) in [4.78, 5) is 0.180. The Morgan fingerprint density at radius 2 is 1.72 bits per heavy atom. The molecule has 2 rings (SSSR count). The minimum Gasteiger partial charge on any atom is -0.263 e. The molecule has 0 bridgehead atoms. The highest BCUT2D eigenvalue weighted by Crippen LogP contribution is 2.20. The molecule has 1 saturated heterocycles. The zero-order valence-corrected chi connectivity index (χ0v) is 11.8. The molecule has 0 spiro atoms. The zero-order valence-electron chi connectivity index (χ0n) is 10.2. The van der Waals surface area contributed by atoms with Gasteiger partial charge >= 0.3 is 0 Å². The Morgan fingerprint density at radius 1 is 1.17 bits per heavy atom. The summed E-state index contributed by atoms with van der Waals surface area (Å²) in [5.41, 5.74) is 1.00. The standard InChI is InChI=1S/C12H16O4S2/c1-10-2-4-12(5-3-10)18(14,15)16-11-6-8-17(13)9-7-11/h2-5,11H,6-9H2,1H3. The molecule has 1 aliphatic rings. The van der Waals surface area contributed by atoms with Crippen LogP contribution in [0.15, 0.2) is 29.2 Å². The highest BCUT2D eigenvalue weighted by atomic mass is 32.2. The lowest BCUT2D eigenvalue weighted by Gasteiger charge is -2.21. The Bertz CT molecular complexity index is 524. The molecule has 0 aliphatic carbocycles. The second-order valence-electron chi connectivity index (χ2n) is 4.41. The normalized spacial score (nSPS) is 24.9. The quantitative estimate of drug-likeness (QED) is 0.793. The molecule has 0 atom stereocenters. The van der Waals surface area contributed by atoms with Gasteiger partial charge in [0.25, 0.3) is 10.1 Å². The average Bonchev–Trinajstić information content (AvgIpc) is 2.32. The van der Waals surface area contributed by atoms with Crippen LogP contribution in [0.1, 0.15) is 18.4 Å². The highest BCUT2D eigenvalue weighted by molar-refractivity contribution is 7.86. The van der Waals surface area contributed by atoms with Gasteiger partial charge in [0, 0.05) is 22.3 Å². The van der Waals surface area contributed by atoms with E-state index < -0.39 is 20.9 Å². The topological polar surface area (TPSA) is 60.4 Å². The summed E-state index contributed by atoms with van der Waals surface area (Å²) in [7, 11) is -4.50. The van der Waals surface area contributed by atoms with Crippen LogP contribution in [0.3, 0.4) is 0 Å². The number of aryl methyl sites for hydroxylation is 1. The van der Waals surface area contributed by atoms with Crippen LogP contribution in [-0.2, 0) is 25.1 Å². The van der Waals surface area contributed by atoms with Crippen molar-refractivity contribution in [2.45, 2.75) is 30.8 Å². The summed E-state index contributed by atoms with van der Waals surface area (Å²) in [6.45, 7) is 1.90. The van der Waals surface area contributed by atoms with Crippen LogP contribution < -0.4 is 0 Å². The minimum absolute atomic E-state index is 0.180. The summed E-state index contributed by atoms with van der Waals surface area (Å²) >= 11 is 0. The van der Waals surface area contributed by atoms with Crippen molar-refractivity contribution < 1.29 is 16.8 Å². The van der Waals surface area contributed by atoms with Crippen molar-refractivity contribution in [3.8, 4) is 0 Å². The molecule has 0 N–H and O–H groups in total. The Labute approximate surface area is 110 Å². The summed E-state index contributed by atoms with van der Waals surface area (Å²) < 4.78 is 40.4. The first-order valence-electron chi connectivity index (χ1n) is 5.82. The van der Waals surface area contributed by atoms with Crippen LogP contribution in [0.25, 0.3) is 0 Å². The van der Waals surface area contributed by atoms with Crippen molar-refractivity contribution >= 4 is 20.9 Å². The number of benzene rings is 1. The lowest BCUT2D eigenvalue weighted by Crippen LogP contribution is -2.27. The molecule has 0 unspecified atom stereocenters. The van der Waals surface area contributed by atoms with E-state index in [-0.39, 0.29) is 11.0 Å². The molecule has 6 heteroatoms. The van der Waals surface area contributed by atoms with Gasteiger partial charge in [-0.3, -0.25) is 8.39 Å². The van der Waals surface area contributed by atoms with Crippen molar-refractivity contribution in [3.05, 3.63) is 29.8 Å². The van der Waals surface area contributed by atoms with Crippen LogP contribution >= 0.6 is 0 Å². The number of hydrogen-bond acceptors (Lipinski definition) is 4. The maximum absolute atomic E-state index is 12.0.